The van der Waals surface area contributed by atoms with Crippen LogP contribution in [0.5, 0.6) is 0 Å². The summed E-state index contributed by atoms with van der Waals surface area (Å²) in [5, 5.41) is 0. The van der Waals surface area contributed by atoms with E-state index in [1.807, 2.05) is 24.9 Å². The van der Waals surface area contributed by atoms with Crippen molar-refractivity contribution in [1.29, 1.82) is 0 Å². The molecule has 0 radical (unpaired) electrons. The van der Waals surface area contributed by atoms with Crippen LogP contribution in [0.2, 0.25) is 0 Å². The third-order valence-electron chi connectivity index (χ3n) is 4.99. The Labute approximate surface area is 124 Å². The number of carbonyl (C=O) groups is 2. The predicted molar refractivity (Wildman–Crippen MR) is 78.7 cm³/mol. The van der Waals surface area contributed by atoms with Gasteiger partial charge in [-0.05, 0) is 30.9 Å². The van der Waals surface area contributed by atoms with Crippen LogP contribution < -0.4 is 0 Å². The first-order valence-electron chi connectivity index (χ1n) is 7.40. The number of carbonyl (C=O) groups excluding carboxylic acids is 2. The number of hydrogen-bond acceptors (Lipinski definition) is 3. The molecule has 2 amide bonds. The molecule has 0 saturated carbocycles. The fourth-order valence-electron chi connectivity index (χ4n) is 3.64. The lowest BCUT2D eigenvalue weighted by atomic mass is 9.78. The minimum atomic E-state index is -0.373. The third kappa shape index (κ3) is 2.11. The summed E-state index contributed by atoms with van der Waals surface area (Å²) in [6.07, 6.45) is 4.19. The van der Waals surface area contributed by atoms with Crippen LogP contribution in [-0.4, -0.2) is 53.3 Å². The van der Waals surface area contributed by atoms with Crippen LogP contribution in [0.25, 0.3) is 0 Å². The van der Waals surface area contributed by atoms with Crippen LogP contribution >= 0.6 is 0 Å². The fraction of sp³-hybridized carbons (Fsp3) is 0.562. The number of rotatable bonds is 1. The Balaban J connectivity index is 1.83. The molecule has 0 bridgehead atoms. The molecule has 2 aliphatic rings. The van der Waals surface area contributed by atoms with Crippen molar-refractivity contribution in [2.75, 3.05) is 26.7 Å². The van der Waals surface area contributed by atoms with Crippen molar-refractivity contribution in [3.63, 3.8) is 0 Å². The number of aromatic nitrogens is 1. The van der Waals surface area contributed by atoms with E-state index in [-0.39, 0.29) is 23.1 Å². The summed E-state index contributed by atoms with van der Waals surface area (Å²) in [6, 6.07) is 1.85. The summed E-state index contributed by atoms with van der Waals surface area (Å²) < 4.78 is 0. The van der Waals surface area contributed by atoms with Crippen molar-refractivity contribution in [3.8, 4) is 0 Å². The van der Waals surface area contributed by atoms with E-state index < -0.39 is 0 Å². The molecule has 0 aliphatic carbocycles. The van der Waals surface area contributed by atoms with E-state index in [1.165, 1.54) is 0 Å². The highest BCUT2D eigenvalue weighted by Gasteiger charge is 2.55. The summed E-state index contributed by atoms with van der Waals surface area (Å²) in [5.74, 6) is 0.376. The molecule has 1 aromatic rings. The Morgan fingerprint density at radius 1 is 1.43 bits per heavy atom. The monoisotopic (exact) mass is 287 g/mol. The Bertz CT molecular complexity index is 601. The molecule has 2 fully saturated rings. The average Bonchev–Trinajstić information content (AvgIpc) is 2.94. The van der Waals surface area contributed by atoms with Gasteiger partial charge in [0.2, 0.25) is 5.91 Å². The van der Waals surface area contributed by atoms with Crippen molar-refractivity contribution in [2.24, 2.45) is 11.3 Å². The van der Waals surface area contributed by atoms with Crippen molar-refractivity contribution < 1.29 is 9.59 Å². The number of aryl methyl sites for hydroxylation is 1. The lowest BCUT2D eigenvalue weighted by Gasteiger charge is -2.25. The summed E-state index contributed by atoms with van der Waals surface area (Å²) in [5.41, 5.74) is 1.21. The average molecular weight is 287 g/mol. The molecule has 21 heavy (non-hydrogen) atoms. The Morgan fingerprint density at radius 3 is 2.81 bits per heavy atom. The molecule has 0 aromatic carbocycles. The van der Waals surface area contributed by atoms with Crippen LogP contribution in [0.15, 0.2) is 18.5 Å². The first kappa shape index (κ1) is 14.0. The zero-order valence-corrected chi connectivity index (χ0v) is 12.8. The molecule has 3 heterocycles. The molecular weight excluding hydrogens is 266 g/mol. The fourth-order valence-corrected chi connectivity index (χ4v) is 3.64. The Hall–Kier alpha value is -1.91. The van der Waals surface area contributed by atoms with Gasteiger partial charge in [0.15, 0.2) is 0 Å². The van der Waals surface area contributed by atoms with Gasteiger partial charge in [-0.15, -0.1) is 0 Å². The first-order chi connectivity index (χ1) is 9.94. The SMILES string of the molecule is Cc1cncc(C(=O)N2C[C@H](C)[C@]3(CCN(C)C3=O)C2)c1. The van der Waals surface area contributed by atoms with Crippen molar-refractivity contribution >= 4 is 11.8 Å². The highest BCUT2D eigenvalue weighted by atomic mass is 16.2. The first-order valence-corrected chi connectivity index (χ1v) is 7.40. The molecule has 112 valence electrons. The molecule has 2 aliphatic heterocycles. The van der Waals surface area contributed by atoms with Crippen LogP contribution in [-0.2, 0) is 4.79 Å². The van der Waals surface area contributed by atoms with E-state index >= 15 is 0 Å². The highest BCUT2D eigenvalue weighted by Crippen LogP contribution is 2.44. The van der Waals surface area contributed by atoms with Crippen LogP contribution in [0, 0.1) is 18.3 Å². The molecule has 5 nitrogen and oxygen atoms in total. The largest absolute Gasteiger partial charge is 0.345 e. The molecule has 0 unspecified atom stereocenters. The van der Waals surface area contributed by atoms with Gasteiger partial charge in [0.1, 0.15) is 0 Å². The maximum absolute atomic E-state index is 12.6. The van der Waals surface area contributed by atoms with E-state index in [1.54, 1.807) is 17.3 Å². The Kier molecular flexibility index (Phi) is 3.23. The summed E-state index contributed by atoms with van der Waals surface area (Å²) in [7, 11) is 1.85. The number of hydrogen-bond donors (Lipinski definition) is 0. The second-order valence-electron chi connectivity index (χ2n) is 6.47. The molecular formula is C16H21N3O2. The maximum Gasteiger partial charge on any atom is 0.255 e. The van der Waals surface area contributed by atoms with E-state index in [4.69, 9.17) is 0 Å². The molecule has 0 N–H and O–H groups in total. The van der Waals surface area contributed by atoms with E-state index in [0.29, 0.717) is 18.7 Å². The van der Waals surface area contributed by atoms with Crippen LogP contribution in [0.4, 0.5) is 0 Å². The van der Waals surface area contributed by atoms with Gasteiger partial charge in [0.05, 0.1) is 11.0 Å². The van der Waals surface area contributed by atoms with Gasteiger partial charge in [0.25, 0.3) is 5.91 Å². The molecule has 5 heteroatoms. The van der Waals surface area contributed by atoms with Crippen molar-refractivity contribution in [1.82, 2.24) is 14.8 Å². The van der Waals surface area contributed by atoms with Gasteiger partial charge in [-0.3, -0.25) is 14.6 Å². The number of amides is 2. The van der Waals surface area contributed by atoms with E-state index in [2.05, 4.69) is 11.9 Å². The molecule has 2 atom stereocenters. The molecule has 2 saturated heterocycles. The van der Waals surface area contributed by atoms with Gasteiger partial charge >= 0.3 is 0 Å². The quantitative estimate of drug-likeness (QED) is 0.783. The van der Waals surface area contributed by atoms with Gasteiger partial charge in [-0.1, -0.05) is 6.92 Å². The topological polar surface area (TPSA) is 53.5 Å². The zero-order valence-electron chi connectivity index (χ0n) is 12.8. The minimum absolute atomic E-state index is 0.0164. The van der Waals surface area contributed by atoms with Crippen molar-refractivity contribution in [2.45, 2.75) is 20.3 Å². The van der Waals surface area contributed by atoms with Crippen LogP contribution in [0.3, 0.4) is 0 Å². The molecule has 1 aromatic heterocycles. The summed E-state index contributed by atoms with van der Waals surface area (Å²) >= 11 is 0. The predicted octanol–water partition coefficient (Wildman–Crippen LogP) is 1.33. The zero-order chi connectivity index (χ0) is 15.2. The standard InChI is InChI=1S/C16H21N3O2/c1-11-6-13(8-17-7-11)14(20)19-9-12(2)16(10-19)4-5-18(3)15(16)21/h6-8,12H,4-5,9-10H2,1-3H3/t12-,16-/m0/s1. The van der Waals surface area contributed by atoms with Gasteiger partial charge in [-0.2, -0.15) is 0 Å². The van der Waals surface area contributed by atoms with Crippen molar-refractivity contribution in [3.05, 3.63) is 29.6 Å². The summed E-state index contributed by atoms with van der Waals surface area (Å²) in [6.45, 7) is 5.97. The molecule has 1 spiro atoms. The third-order valence-corrected chi connectivity index (χ3v) is 4.99. The second kappa shape index (κ2) is 4.83. The summed E-state index contributed by atoms with van der Waals surface area (Å²) in [4.78, 5) is 32.8. The lowest BCUT2D eigenvalue weighted by Crippen LogP contribution is -2.39. The molecule has 3 rings (SSSR count). The van der Waals surface area contributed by atoms with E-state index in [9.17, 15) is 9.59 Å². The number of nitrogens with zero attached hydrogens (tertiary/aromatic N) is 3. The van der Waals surface area contributed by atoms with Gasteiger partial charge < -0.3 is 9.80 Å². The van der Waals surface area contributed by atoms with E-state index in [0.717, 1.165) is 18.5 Å². The van der Waals surface area contributed by atoms with Crippen LogP contribution in [0.1, 0.15) is 29.3 Å². The minimum Gasteiger partial charge on any atom is -0.345 e. The highest BCUT2D eigenvalue weighted by molar-refractivity contribution is 5.95. The second-order valence-corrected chi connectivity index (χ2v) is 6.47. The van der Waals surface area contributed by atoms with Gasteiger partial charge in [0, 0.05) is 39.1 Å². The number of likely N-dealkylation sites (tertiary alicyclic amines) is 2. The lowest BCUT2D eigenvalue weighted by molar-refractivity contribution is -0.135. The Morgan fingerprint density at radius 2 is 2.19 bits per heavy atom. The smallest absolute Gasteiger partial charge is 0.255 e. The van der Waals surface area contributed by atoms with Gasteiger partial charge in [-0.25, -0.2) is 0 Å². The maximum atomic E-state index is 12.6. The number of pyridine rings is 1. The normalized spacial score (nSPS) is 28.7.